The van der Waals surface area contributed by atoms with E-state index in [-0.39, 0.29) is 0 Å². The van der Waals surface area contributed by atoms with Gasteiger partial charge < -0.3 is 0 Å². The maximum Gasteiger partial charge on any atom is 0.146 e. The zero-order chi connectivity index (χ0) is 13.3. The maximum atomic E-state index is 11.5. The fourth-order valence-corrected chi connectivity index (χ4v) is 3.92. The van der Waals surface area contributed by atoms with E-state index < -0.39 is 0 Å². The van der Waals surface area contributed by atoms with Crippen molar-refractivity contribution in [3.05, 3.63) is 40.4 Å². The van der Waals surface area contributed by atoms with Crippen LogP contribution in [0.25, 0.3) is 5.57 Å². The summed E-state index contributed by atoms with van der Waals surface area (Å²) in [6, 6.07) is 7.89. The van der Waals surface area contributed by atoms with Crippen LogP contribution >= 0.6 is 11.6 Å². The van der Waals surface area contributed by atoms with Crippen LogP contribution in [-0.4, -0.2) is 6.29 Å². The minimum Gasteiger partial charge on any atom is -0.298 e. The summed E-state index contributed by atoms with van der Waals surface area (Å²) >= 11 is 5.93. The third-order valence-corrected chi connectivity index (χ3v) is 5.11. The van der Waals surface area contributed by atoms with E-state index in [0.717, 1.165) is 29.7 Å². The highest BCUT2D eigenvalue weighted by atomic mass is 35.5. The first-order valence-electron chi connectivity index (χ1n) is 7.16. The van der Waals surface area contributed by atoms with Crippen molar-refractivity contribution in [3.8, 4) is 0 Å². The van der Waals surface area contributed by atoms with Crippen molar-refractivity contribution >= 4 is 23.5 Å². The second-order valence-electron chi connectivity index (χ2n) is 6.01. The van der Waals surface area contributed by atoms with Gasteiger partial charge in [0.25, 0.3) is 0 Å². The van der Waals surface area contributed by atoms with Crippen LogP contribution in [0.15, 0.2) is 29.8 Å². The fraction of sp³-hybridized carbons (Fsp3) is 0.471. The molecule has 0 unspecified atom stereocenters. The third-order valence-electron chi connectivity index (χ3n) is 4.86. The molecule has 0 heterocycles. The summed E-state index contributed by atoms with van der Waals surface area (Å²) in [5.74, 6) is 0. The number of hydrogen-bond donors (Lipinski definition) is 0. The SMILES string of the molecule is O=CC1=C(c2ccc(Cl)cc2)CCC2(CCCC2)C1. The van der Waals surface area contributed by atoms with Gasteiger partial charge in [-0.2, -0.15) is 0 Å². The Morgan fingerprint density at radius 3 is 2.37 bits per heavy atom. The summed E-state index contributed by atoms with van der Waals surface area (Å²) in [5, 5.41) is 0.750. The zero-order valence-corrected chi connectivity index (χ0v) is 11.9. The van der Waals surface area contributed by atoms with Gasteiger partial charge in [0.2, 0.25) is 0 Å². The molecule has 1 aromatic rings. The van der Waals surface area contributed by atoms with Crippen LogP contribution in [0, 0.1) is 5.41 Å². The Morgan fingerprint density at radius 2 is 1.74 bits per heavy atom. The van der Waals surface area contributed by atoms with E-state index in [2.05, 4.69) is 0 Å². The number of rotatable bonds is 2. The molecule has 1 nitrogen and oxygen atoms in total. The molecule has 1 saturated carbocycles. The predicted molar refractivity (Wildman–Crippen MR) is 79.2 cm³/mol. The number of benzene rings is 1. The molecule has 0 N–H and O–H groups in total. The van der Waals surface area contributed by atoms with E-state index in [1.807, 2.05) is 24.3 Å². The van der Waals surface area contributed by atoms with Crippen molar-refractivity contribution in [2.75, 3.05) is 0 Å². The Morgan fingerprint density at radius 1 is 1.05 bits per heavy atom. The van der Waals surface area contributed by atoms with E-state index in [1.165, 1.54) is 43.2 Å². The van der Waals surface area contributed by atoms with Gasteiger partial charge in [0, 0.05) is 5.02 Å². The highest BCUT2D eigenvalue weighted by Gasteiger charge is 2.37. The lowest BCUT2D eigenvalue weighted by Crippen LogP contribution is -2.22. The van der Waals surface area contributed by atoms with Crippen molar-refractivity contribution in [2.24, 2.45) is 5.41 Å². The predicted octanol–water partition coefficient (Wildman–Crippen LogP) is 5.04. The van der Waals surface area contributed by atoms with Gasteiger partial charge >= 0.3 is 0 Å². The Kier molecular flexibility index (Phi) is 3.49. The number of halogens is 1. The van der Waals surface area contributed by atoms with Crippen LogP contribution in [0.4, 0.5) is 0 Å². The number of carbonyl (C=O) groups is 1. The lowest BCUT2D eigenvalue weighted by Gasteiger charge is -2.35. The summed E-state index contributed by atoms with van der Waals surface area (Å²) in [6.07, 6.45) is 9.62. The Labute approximate surface area is 119 Å². The van der Waals surface area contributed by atoms with Crippen molar-refractivity contribution in [3.63, 3.8) is 0 Å². The van der Waals surface area contributed by atoms with E-state index in [4.69, 9.17) is 11.6 Å². The molecule has 2 aliphatic rings. The molecule has 0 aromatic heterocycles. The largest absolute Gasteiger partial charge is 0.298 e. The van der Waals surface area contributed by atoms with Gasteiger partial charge in [-0.25, -0.2) is 0 Å². The lowest BCUT2D eigenvalue weighted by atomic mass is 9.69. The molecule has 0 aliphatic heterocycles. The molecule has 3 rings (SSSR count). The van der Waals surface area contributed by atoms with Crippen molar-refractivity contribution in [2.45, 2.75) is 44.9 Å². The number of allylic oxidation sites excluding steroid dienone is 2. The summed E-state index contributed by atoms with van der Waals surface area (Å²) in [6.45, 7) is 0. The van der Waals surface area contributed by atoms with Crippen molar-refractivity contribution in [1.82, 2.24) is 0 Å². The number of carbonyl (C=O) groups excluding carboxylic acids is 1. The first-order valence-corrected chi connectivity index (χ1v) is 7.53. The highest BCUT2D eigenvalue weighted by molar-refractivity contribution is 6.30. The summed E-state index contributed by atoms with van der Waals surface area (Å²) in [7, 11) is 0. The van der Waals surface area contributed by atoms with E-state index in [9.17, 15) is 4.79 Å². The van der Waals surface area contributed by atoms with E-state index in [0.29, 0.717) is 5.41 Å². The maximum absolute atomic E-state index is 11.5. The van der Waals surface area contributed by atoms with Gasteiger partial charge in [-0.15, -0.1) is 0 Å². The van der Waals surface area contributed by atoms with Crippen LogP contribution in [0.2, 0.25) is 5.02 Å². The fourth-order valence-electron chi connectivity index (χ4n) is 3.80. The molecule has 1 aromatic carbocycles. The Bertz CT molecular complexity index is 507. The zero-order valence-electron chi connectivity index (χ0n) is 11.1. The van der Waals surface area contributed by atoms with Gasteiger partial charge in [-0.1, -0.05) is 36.6 Å². The van der Waals surface area contributed by atoms with Crippen LogP contribution in [0.1, 0.15) is 50.5 Å². The second-order valence-corrected chi connectivity index (χ2v) is 6.45. The van der Waals surface area contributed by atoms with Crippen LogP contribution in [0.3, 0.4) is 0 Å². The topological polar surface area (TPSA) is 17.1 Å². The molecule has 0 atom stereocenters. The van der Waals surface area contributed by atoms with Crippen molar-refractivity contribution < 1.29 is 4.79 Å². The number of aldehydes is 1. The Hall–Kier alpha value is -1.08. The van der Waals surface area contributed by atoms with Gasteiger partial charge in [0.05, 0.1) is 0 Å². The lowest BCUT2D eigenvalue weighted by molar-refractivity contribution is -0.105. The molecule has 19 heavy (non-hydrogen) atoms. The highest BCUT2D eigenvalue weighted by Crippen LogP contribution is 2.51. The molecular weight excluding hydrogens is 256 g/mol. The first kappa shape index (κ1) is 12.9. The number of hydrogen-bond acceptors (Lipinski definition) is 1. The second kappa shape index (κ2) is 5.13. The van der Waals surface area contributed by atoms with Gasteiger partial charge in [-0.05, 0) is 66.4 Å². The molecular formula is C17H19ClO. The van der Waals surface area contributed by atoms with E-state index >= 15 is 0 Å². The third kappa shape index (κ3) is 2.49. The normalized spacial score (nSPS) is 21.9. The molecule has 2 aliphatic carbocycles. The molecule has 0 saturated heterocycles. The molecule has 100 valence electrons. The van der Waals surface area contributed by atoms with Crippen LogP contribution < -0.4 is 0 Å². The monoisotopic (exact) mass is 274 g/mol. The minimum atomic E-state index is 0.437. The molecule has 0 bridgehead atoms. The molecule has 1 spiro atoms. The molecule has 1 fully saturated rings. The first-order chi connectivity index (χ1) is 9.22. The summed E-state index contributed by atoms with van der Waals surface area (Å²) < 4.78 is 0. The minimum absolute atomic E-state index is 0.437. The average molecular weight is 275 g/mol. The average Bonchev–Trinajstić information content (AvgIpc) is 2.88. The van der Waals surface area contributed by atoms with Crippen LogP contribution in [0.5, 0.6) is 0 Å². The van der Waals surface area contributed by atoms with Gasteiger partial charge in [-0.3, -0.25) is 4.79 Å². The van der Waals surface area contributed by atoms with Gasteiger partial charge in [0.1, 0.15) is 6.29 Å². The van der Waals surface area contributed by atoms with Crippen LogP contribution in [-0.2, 0) is 4.79 Å². The van der Waals surface area contributed by atoms with Crippen molar-refractivity contribution in [1.29, 1.82) is 0 Å². The summed E-state index contributed by atoms with van der Waals surface area (Å²) in [5.41, 5.74) is 3.87. The van der Waals surface area contributed by atoms with Gasteiger partial charge in [0.15, 0.2) is 0 Å². The molecule has 2 heteroatoms. The standard InChI is InChI=1S/C17H19ClO/c18-15-5-3-13(4-6-15)16-7-10-17(8-1-2-9-17)11-14(16)12-19/h3-6,12H,1-2,7-11H2. The Balaban J connectivity index is 1.93. The summed E-state index contributed by atoms with van der Waals surface area (Å²) in [4.78, 5) is 11.5. The molecule has 0 amide bonds. The molecule has 0 radical (unpaired) electrons. The van der Waals surface area contributed by atoms with E-state index in [1.54, 1.807) is 0 Å². The quantitative estimate of drug-likeness (QED) is 0.691. The smallest absolute Gasteiger partial charge is 0.146 e.